The van der Waals surface area contributed by atoms with Crippen molar-refractivity contribution in [2.75, 3.05) is 18.6 Å². The van der Waals surface area contributed by atoms with Gasteiger partial charge in [-0.3, -0.25) is 0 Å². The summed E-state index contributed by atoms with van der Waals surface area (Å²) < 4.78 is 5.10. The molecule has 3 rings (SSSR count). The summed E-state index contributed by atoms with van der Waals surface area (Å²) in [7, 11) is 1.43. The smallest absolute Gasteiger partial charge is 0.354 e. The zero-order chi connectivity index (χ0) is 23.2. The van der Waals surface area contributed by atoms with Gasteiger partial charge in [-0.05, 0) is 55.6 Å². The number of hydrogen-bond acceptors (Lipinski definition) is 5. The Balaban J connectivity index is 0.000000720. The standard InChI is InChI=1S/C20H22N2O2S.C4H8.C2H6/c1-4-12-21-14-15(2)18(20(23)24-3)22(16-9-6-5-7-10-16)19(21)17-11-8-13-25-17;1-3-4-2;1-2/h4-13,19H,14H2,1-3H3;3H,1,4H2,2H3;1-2H3/b12-4+;;. The molecule has 0 radical (unpaired) electrons. The van der Waals surface area contributed by atoms with E-state index < -0.39 is 0 Å². The van der Waals surface area contributed by atoms with Crippen LogP contribution in [0.5, 0.6) is 0 Å². The molecule has 0 aliphatic carbocycles. The molecular formula is C26H36N2O2S. The van der Waals surface area contributed by atoms with Crippen molar-refractivity contribution >= 4 is 23.0 Å². The minimum absolute atomic E-state index is 0.0867. The Labute approximate surface area is 192 Å². The average Bonchev–Trinajstić information content (AvgIpc) is 3.35. The minimum atomic E-state index is -0.303. The first-order valence-electron chi connectivity index (χ1n) is 10.7. The molecule has 1 unspecified atom stereocenters. The summed E-state index contributed by atoms with van der Waals surface area (Å²) in [6.07, 6.45) is 6.98. The van der Waals surface area contributed by atoms with E-state index in [1.807, 2.05) is 76.2 Å². The fourth-order valence-corrected chi connectivity index (χ4v) is 4.03. The second kappa shape index (κ2) is 14.3. The number of rotatable bonds is 5. The van der Waals surface area contributed by atoms with Crippen molar-refractivity contribution in [1.82, 2.24) is 4.90 Å². The number of carbonyl (C=O) groups is 1. The van der Waals surface area contributed by atoms with Crippen LogP contribution in [0.4, 0.5) is 5.69 Å². The number of methoxy groups -OCH3 is 1. The second-order valence-electron chi connectivity index (χ2n) is 6.57. The van der Waals surface area contributed by atoms with Crippen molar-refractivity contribution in [3.8, 4) is 0 Å². The third-order valence-electron chi connectivity index (χ3n) is 4.46. The molecular weight excluding hydrogens is 404 g/mol. The molecule has 0 amide bonds. The van der Waals surface area contributed by atoms with E-state index in [4.69, 9.17) is 4.74 Å². The molecule has 1 atom stereocenters. The molecule has 168 valence electrons. The van der Waals surface area contributed by atoms with Gasteiger partial charge in [-0.2, -0.15) is 0 Å². The van der Waals surface area contributed by atoms with Gasteiger partial charge in [0.2, 0.25) is 0 Å². The highest BCUT2D eigenvalue weighted by molar-refractivity contribution is 7.10. The summed E-state index contributed by atoms with van der Waals surface area (Å²) in [6, 6.07) is 14.1. The molecule has 31 heavy (non-hydrogen) atoms. The largest absolute Gasteiger partial charge is 0.464 e. The number of nitrogens with zero attached hydrogens (tertiary/aromatic N) is 2. The summed E-state index contributed by atoms with van der Waals surface area (Å²) in [5, 5.41) is 2.06. The zero-order valence-corrected chi connectivity index (χ0v) is 20.5. The maximum absolute atomic E-state index is 12.6. The monoisotopic (exact) mass is 440 g/mol. The van der Waals surface area contributed by atoms with E-state index in [9.17, 15) is 4.79 Å². The third kappa shape index (κ3) is 6.86. The van der Waals surface area contributed by atoms with Crippen LogP contribution < -0.4 is 4.90 Å². The predicted molar refractivity (Wildman–Crippen MR) is 134 cm³/mol. The van der Waals surface area contributed by atoms with Crippen molar-refractivity contribution in [2.45, 2.75) is 47.2 Å². The molecule has 0 spiro atoms. The lowest BCUT2D eigenvalue weighted by Gasteiger charge is -2.45. The van der Waals surface area contributed by atoms with Crippen molar-refractivity contribution in [2.24, 2.45) is 0 Å². The van der Waals surface area contributed by atoms with Crippen LogP contribution in [0.2, 0.25) is 0 Å². The zero-order valence-electron chi connectivity index (χ0n) is 19.7. The van der Waals surface area contributed by atoms with E-state index in [1.54, 1.807) is 11.3 Å². The molecule has 1 aromatic heterocycles. The van der Waals surface area contributed by atoms with Crippen molar-refractivity contribution in [1.29, 1.82) is 0 Å². The van der Waals surface area contributed by atoms with Crippen LogP contribution in [-0.4, -0.2) is 24.5 Å². The van der Waals surface area contributed by atoms with Gasteiger partial charge in [0.05, 0.1) is 7.11 Å². The second-order valence-corrected chi connectivity index (χ2v) is 7.55. The van der Waals surface area contributed by atoms with Crippen LogP contribution in [-0.2, 0) is 9.53 Å². The van der Waals surface area contributed by atoms with Gasteiger partial charge in [-0.15, -0.1) is 17.9 Å². The Morgan fingerprint density at radius 3 is 2.35 bits per heavy atom. The van der Waals surface area contributed by atoms with Gasteiger partial charge in [-0.1, -0.05) is 57.2 Å². The molecule has 2 aromatic rings. The SMILES string of the molecule is C/C=C/N1CC(C)=C(C(=O)OC)N(c2ccccc2)C1c1cccs1.C=CCC.CC. The number of carbonyl (C=O) groups excluding carboxylic acids is 1. The first kappa shape index (κ1) is 26.2. The highest BCUT2D eigenvalue weighted by Gasteiger charge is 2.37. The lowest BCUT2D eigenvalue weighted by molar-refractivity contribution is -0.136. The molecule has 0 fully saturated rings. The summed E-state index contributed by atoms with van der Waals surface area (Å²) in [6.45, 7) is 14.2. The molecule has 4 nitrogen and oxygen atoms in total. The van der Waals surface area contributed by atoms with E-state index >= 15 is 0 Å². The number of benzene rings is 1. The maximum Gasteiger partial charge on any atom is 0.354 e. The Kier molecular flexibility index (Phi) is 12.1. The number of anilines is 1. The van der Waals surface area contributed by atoms with E-state index in [1.165, 1.54) is 12.0 Å². The molecule has 1 aliphatic heterocycles. The Morgan fingerprint density at radius 2 is 1.87 bits per heavy atom. The predicted octanol–water partition coefficient (Wildman–Crippen LogP) is 7.16. The van der Waals surface area contributed by atoms with Crippen LogP contribution in [0.15, 0.2) is 84.0 Å². The molecule has 0 saturated heterocycles. The Morgan fingerprint density at radius 1 is 1.23 bits per heavy atom. The van der Waals surface area contributed by atoms with Crippen molar-refractivity contribution in [3.05, 3.63) is 88.9 Å². The number of esters is 1. The van der Waals surface area contributed by atoms with Gasteiger partial charge in [0.1, 0.15) is 11.9 Å². The van der Waals surface area contributed by atoms with E-state index in [2.05, 4.69) is 40.9 Å². The fourth-order valence-electron chi connectivity index (χ4n) is 3.19. The van der Waals surface area contributed by atoms with Crippen LogP contribution in [0.1, 0.15) is 52.1 Å². The van der Waals surface area contributed by atoms with Gasteiger partial charge in [-0.25, -0.2) is 4.79 Å². The van der Waals surface area contributed by atoms with E-state index in [-0.39, 0.29) is 12.1 Å². The van der Waals surface area contributed by atoms with Crippen molar-refractivity contribution in [3.63, 3.8) is 0 Å². The molecule has 2 heterocycles. The summed E-state index contributed by atoms with van der Waals surface area (Å²) >= 11 is 1.69. The minimum Gasteiger partial charge on any atom is -0.464 e. The Hall–Kier alpha value is -2.79. The average molecular weight is 441 g/mol. The fraction of sp³-hybridized carbons (Fsp3) is 0.346. The first-order chi connectivity index (χ1) is 15.1. The van der Waals surface area contributed by atoms with Gasteiger partial charge < -0.3 is 14.5 Å². The Bertz CT molecular complexity index is 842. The van der Waals surface area contributed by atoms with Gasteiger partial charge in [0.15, 0.2) is 0 Å². The molecule has 0 N–H and O–H groups in total. The van der Waals surface area contributed by atoms with Gasteiger partial charge >= 0.3 is 5.97 Å². The number of ether oxygens (including phenoxy) is 1. The van der Waals surface area contributed by atoms with Crippen LogP contribution in [0.3, 0.4) is 0 Å². The number of allylic oxidation sites excluding steroid dienone is 2. The number of hydrogen-bond donors (Lipinski definition) is 0. The lowest BCUT2D eigenvalue weighted by Crippen LogP contribution is -2.46. The first-order valence-corrected chi connectivity index (χ1v) is 11.6. The maximum atomic E-state index is 12.6. The number of thiophene rings is 1. The molecule has 1 aromatic carbocycles. The summed E-state index contributed by atoms with van der Waals surface area (Å²) in [4.78, 5) is 18.1. The summed E-state index contributed by atoms with van der Waals surface area (Å²) in [5.41, 5.74) is 2.57. The normalized spacial score (nSPS) is 15.6. The molecule has 1 aliphatic rings. The highest BCUT2D eigenvalue weighted by Crippen LogP contribution is 2.40. The molecule has 0 saturated carbocycles. The number of para-hydroxylation sites is 1. The van der Waals surface area contributed by atoms with E-state index in [0.717, 1.165) is 17.7 Å². The lowest BCUT2D eigenvalue weighted by atomic mass is 10.1. The van der Waals surface area contributed by atoms with Crippen LogP contribution in [0, 0.1) is 0 Å². The van der Waals surface area contributed by atoms with Gasteiger partial charge in [0, 0.05) is 17.1 Å². The highest BCUT2D eigenvalue weighted by atomic mass is 32.1. The van der Waals surface area contributed by atoms with Crippen LogP contribution >= 0.6 is 11.3 Å². The van der Waals surface area contributed by atoms with E-state index in [0.29, 0.717) is 12.2 Å². The quantitative estimate of drug-likeness (QED) is 0.365. The van der Waals surface area contributed by atoms with Crippen molar-refractivity contribution < 1.29 is 9.53 Å². The molecule has 0 bridgehead atoms. The van der Waals surface area contributed by atoms with Gasteiger partial charge in [0.25, 0.3) is 0 Å². The van der Waals surface area contributed by atoms with Crippen LogP contribution in [0.25, 0.3) is 0 Å². The molecule has 5 heteroatoms. The summed E-state index contributed by atoms with van der Waals surface area (Å²) in [5.74, 6) is -0.303. The topological polar surface area (TPSA) is 32.8 Å². The third-order valence-corrected chi connectivity index (χ3v) is 5.38.